The van der Waals surface area contributed by atoms with Crippen LogP contribution in [0.15, 0.2) is 33.7 Å². The van der Waals surface area contributed by atoms with Crippen molar-refractivity contribution < 1.29 is 12.9 Å². The lowest BCUT2D eigenvalue weighted by molar-refractivity contribution is 0.341. The van der Waals surface area contributed by atoms with Crippen LogP contribution < -0.4 is 4.90 Å². The Balaban J connectivity index is 1.83. The van der Waals surface area contributed by atoms with Crippen LogP contribution in [0.1, 0.15) is 23.9 Å². The highest BCUT2D eigenvalue weighted by molar-refractivity contribution is 7.89. The molecule has 7 heteroatoms. The zero-order valence-corrected chi connectivity index (χ0v) is 15.3. The molecule has 130 valence electrons. The fraction of sp³-hybridized carbons (Fsp3) is 0.471. The quantitative estimate of drug-likeness (QED) is 0.852. The van der Waals surface area contributed by atoms with Crippen molar-refractivity contribution in [3.8, 4) is 0 Å². The highest BCUT2D eigenvalue weighted by Crippen LogP contribution is 2.27. The molecule has 1 aliphatic rings. The van der Waals surface area contributed by atoms with E-state index in [0.29, 0.717) is 31.1 Å². The average molecular weight is 349 g/mol. The third-order valence-electron chi connectivity index (χ3n) is 4.49. The fourth-order valence-electron chi connectivity index (χ4n) is 3.30. The first-order chi connectivity index (χ1) is 11.3. The Kier molecular flexibility index (Phi) is 4.40. The highest BCUT2D eigenvalue weighted by Gasteiger charge is 2.35. The lowest BCUT2D eigenvalue weighted by Crippen LogP contribution is -2.53. The van der Waals surface area contributed by atoms with Gasteiger partial charge in [0.05, 0.1) is 0 Å². The van der Waals surface area contributed by atoms with E-state index in [2.05, 4.69) is 42.1 Å². The molecule has 24 heavy (non-hydrogen) atoms. The summed E-state index contributed by atoms with van der Waals surface area (Å²) in [5, 5.41) is 3.78. The molecule has 1 saturated heterocycles. The van der Waals surface area contributed by atoms with Crippen LogP contribution in [0.5, 0.6) is 0 Å². The molecule has 1 aromatic heterocycles. The van der Waals surface area contributed by atoms with Crippen LogP contribution in [-0.2, 0) is 10.0 Å². The Hall–Kier alpha value is -1.86. The van der Waals surface area contributed by atoms with Gasteiger partial charge in [-0.1, -0.05) is 17.3 Å². The van der Waals surface area contributed by atoms with Gasteiger partial charge in [-0.25, -0.2) is 8.42 Å². The number of aryl methyl sites for hydroxylation is 3. The Morgan fingerprint density at radius 2 is 1.96 bits per heavy atom. The third-order valence-corrected chi connectivity index (χ3v) is 6.60. The maximum absolute atomic E-state index is 12.9. The van der Waals surface area contributed by atoms with E-state index in [1.165, 1.54) is 9.87 Å². The minimum absolute atomic E-state index is 0.0933. The molecule has 0 radical (unpaired) electrons. The summed E-state index contributed by atoms with van der Waals surface area (Å²) < 4.78 is 32.5. The summed E-state index contributed by atoms with van der Waals surface area (Å²) >= 11 is 0. The summed E-state index contributed by atoms with van der Waals surface area (Å²) in [4.78, 5) is 2.46. The first kappa shape index (κ1) is 17.0. The minimum Gasteiger partial charge on any atom is -0.366 e. The third kappa shape index (κ3) is 2.93. The van der Waals surface area contributed by atoms with E-state index in [-0.39, 0.29) is 10.9 Å². The average Bonchev–Trinajstić information content (AvgIpc) is 2.86. The largest absolute Gasteiger partial charge is 0.366 e. The standard InChI is InChI=1S/C17H23N3O3S/c1-12-6-5-7-16(10-12)20-9-8-19(11-13(20)2)24(21,22)17-14(3)18-23-15(17)4/h5-7,10,13H,8-9,11H2,1-4H3/t13-/m0/s1. The van der Waals surface area contributed by atoms with Crippen LogP contribution in [0.25, 0.3) is 0 Å². The topological polar surface area (TPSA) is 66.7 Å². The van der Waals surface area contributed by atoms with E-state index in [1.807, 2.05) is 6.07 Å². The molecule has 0 saturated carbocycles. The summed E-state index contributed by atoms with van der Waals surface area (Å²) in [6.45, 7) is 8.97. The second-order valence-corrected chi connectivity index (χ2v) is 8.27. The lowest BCUT2D eigenvalue weighted by Gasteiger charge is -2.40. The molecule has 0 spiro atoms. The van der Waals surface area contributed by atoms with Crippen LogP contribution in [0.4, 0.5) is 5.69 Å². The molecule has 0 aliphatic carbocycles. The first-order valence-corrected chi connectivity index (χ1v) is 9.51. The molecule has 0 amide bonds. The van der Waals surface area contributed by atoms with Crippen molar-refractivity contribution in [2.75, 3.05) is 24.5 Å². The Bertz CT molecular complexity index is 825. The monoisotopic (exact) mass is 349 g/mol. The van der Waals surface area contributed by atoms with E-state index < -0.39 is 10.0 Å². The summed E-state index contributed by atoms with van der Waals surface area (Å²) in [5.41, 5.74) is 2.75. The highest BCUT2D eigenvalue weighted by atomic mass is 32.2. The number of hydrogen-bond donors (Lipinski definition) is 0. The van der Waals surface area contributed by atoms with Crippen molar-refractivity contribution in [1.82, 2.24) is 9.46 Å². The number of benzene rings is 1. The number of rotatable bonds is 3. The van der Waals surface area contributed by atoms with Gasteiger partial charge in [0, 0.05) is 31.4 Å². The number of nitrogens with zero attached hydrogens (tertiary/aromatic N) is 3. The van der Waals surface area contributed by atoms with Gasteiger partial charge in [-0.2, -0.15) is 4.31 Å². The summed E-state index contributed by atoms with van der Waals surface area (Å²) in [6.07, 6.45) is 0. The zero-order valence-electron chi connectivity index (χ0n) is 14.5. The Labute approximate surface area is 143 Å². The van der Waals surface area contributed by atoms with Gasteiger partial charge in [-0.05, 0) is 45.4 Å². The first-order valence-electron chi connectivity index (χ1n) is 8.07. The predicted octanol–water partition coefficient (Wildman–Crippen LogP) is 2.50. The van der Waals surface area contributed by atoms with E-state index >= 15 is 0 Å². The van der Waals surface area contributed by atoms with E-state index in [4.69, 9.17) is 4.52 Å². The molecule has 1 aliphatic heterocycles. The number of piperazine rings is 1. The van der Waals surface area contributed by atoms with Crippen LogP contribution in [-0.4, -0.2) is 43.6 Å². The predicted molar refractivity (Wildman–Crippen MR) is 92.7 cm³/mol. The normalized spacial score (nSPS) is 19.7. The van der Waals surface area contributed by atoms with Gasteiger partial charge in [0.25, 0.3) is 0 Å². The molecule has 0 bridgehead atoms. The van der Waals surface area contributed by atoms with E-state index in [1.54, 1.807) is 13.8 Å². The fourth-order valence-corrected chi connectivity index (χ4v) is 5.11. The van der Waals surface area contributed by atoms with Gasteiger partial charge in [-0.3, -0.25) is 0 Å². The van der Waals surface area contributed by atoms with Crippen LogP contribution in [0.2, 0.25) is 0 Å². The molecular formula is C17H23N3O3S. The molecule has 2 heterocycles. The van der Waals surface area contributed by atoms with Crippen molar-refractivity contribution in [1.29, 1.82) is 0 Å². The molecule has 0 N–H and O–H groups in total. The smallest absolute Gasteiger partial charge is 0.248 e. The summed E-state index contributed by atoms with van der Waals surface area (Å²) in [7, 11) is -3.58. The SMILES string of the molecule is Cc1cccc(N2CCN(S(=O)(=O)c3c(C)noc3C)C[C@@H]2C)c1. The molecule has 0 unspecified atom stereocenters. The van der Waals surface area contributed by atoms with Crippen molar-refractivity contribution in [2.45, 2.75) is 38.6 Å². The van der Waals surface area contributed by atoms with Crippen molar-refractivity contribution in [3.05, 3.63) is 41.3 Å². The van der Waals surface area contributed by atoms with Gasteiger partial charge < -0.3 is 9.42 Å². The number of anilines is 1. The van der Waals surface area contributed by atoms with Gasteiger partial charge in [0.15, 0.2) is 5.76 Å². The maximum Gasteiger partial charge on any atom is 0.248 e. The lowest BCUT2D eigenvalue weighted by atomic mass is 10.1. The van der Waals surface area contributed by atoms with Crippen LogP contribution in [0.3, 0.4) is 0 Å². The minimum atomic E-state index is -3.58. The molecule has 2 aromatic rings. The van der Waals surface area contributed by atoms with Crippen LogP contribution >= 0.6 is 0 Å². The summed E-state index contributed by atoms with van der Waals surface area (Å²) in [6, 6.07) is 8.39. The molecule has 1 fully saturated rings. The van der Waals surface area contributed by atoms with E-state index in [0.717, 1.165) is 5.69 Å². The second-order valence-electron chi connectivity index (χ2n) is 6.40. The molecular weight excluding hydrogens is 326 g/mol. The van der Waals surface area contributed by atoms with E-state index in [9.17, 15) is 8.42 Å². The number of hydrogen-bond acceptors (Lipinski definition) is 5. The Morgan fingerprint density at radius 3 is 2.54 bits per heavy atom. The van der Waals surface area contributed by atoms with Gasteiger partial charge >= 0.3 is 0 Å². The molecule has 6 nitrogen and oxygen atoms in total. The Morgan fingerprint density at radius 1 is 1.21 bits per heavy atom. The van der Waals surface area contributed by atoms with Crippen molar-refractivity contribution >= 4 is 15.7 Å². The second kappa shape index (κ2) is 6.22. The maximum atomic E-state index is 12.9. The van der Waals surface area contributed by atoms with Gasteiger partial charge in [0.2, 0.25) is 10.0 Å². The van der Waals surface area contributed by atoms with Crippen molar-refractivity contribution in [3.63, 3.8) is 0 Å². The number of sulfonamides is 1. The molecule has 3 rings (SSSR count). The molecule has 1 atom stereocenters. The van der Waals surface area contributed by atoms with Gasteiger partial charge in [-0.15, -0.1) is 0 Å². The zero-order chi connectivity index (χ0) is 17.5. The summed E-state index contributed by atoms with van der Waals surface area (Å²) in [5.74, 6) is 0.348. The van der Waals surface area contributed by atoms with Crippen LogP contribution in [0, 0.1) is 20.8 Å². The van der Waals surface area contributed by atoms with Gasteiger partial charge in [0.1, 0.15) is 10.6 Å². The molecule has 1 aromatic carbocycles. The van der Waals surface area contributed by atoms with Crippen molar-refractivity contribution in [2.24, 2.45) is 0 Å². The number of aromatic nitrogens is 1.